The Kier molecular flexibility index (Phi) is 7.21. The van der Waals surface area contributed by atoms with Crippen LogP contribution < -0.4 is 9.80 Å². The van der Waals surface area contributed by atoms with Crippen LogP contribution >= 0.6 is 0 Å². The summed E-state index contributed by atoms with van der Waals surface area (Å²) in [6.45, 7) is 4.60. The molecule has 7 aromatic rings. The van der Waals surface area contributed by atoms with Crippen molar-refractivity contribution >= 4 is 44.9 Å². The molecule has 4 nitrogen and oxygen atoms in total. The number of nitriles is 2. The molecule has 0 atom stereocenters. The van der Waals surface area contributed by atoms with Gasteiger partial charge in [-0.2, -0.15) is 10.5 Å². The van der Waals surface area contributed by atoms with E-state index >= 15 is 0 Å². The Hall–Kier alpha value is -6.62. The molecule has 1 aliphatic rings. The van der Waals surface area contributed by atoms with Crippen molar-refractivity contribution in [2.75, 3.05) is 9.80 Å². The van der Waals surface area contributed by atoms with Crippen LogP contribution in [0, 0.1) is 22.7 Å². The molecule has 0 heterocycles. The monoisotopic (exact) mass is 628 g/mol. The first kappa shape index (κ1) is 29.8. The summed E-state index contributed by atoms with van der Waals surface area (Å²) in [6, 6.07) is 58.6. The van der Waals surface area contributed by atoms with Crippen LogP contribution in [0.1, 0.15) is 36.1 Å². The van der Waals surface area contributed by atoms with E-state index in [2.05, 4.69) is 109 Å². The molecule has 0 aromatic heterocycles. The summed E-state index contributed by atoms with van der Waals surface area (Å²) in [7, 11) is 0. The highest BCUT2D eigenvalue weighted by atomic mass is 15.2. The van der Waals surface area contributed by atoms with E-state index < -0.39 is 0 Å². The Balaban J connectivity index is 1.37. The number of hydrogen-bond donors (Lipinski definition) is 0. The van der Waals surface area contributed by atoms with Gasteiger partial charge in [0.25, 0.3) is 0 Å². The molecule has 0 bridgehead atoms. The minimum absolute atomic E-state index is 0.354. The Labute approximate surface area is 287 Å². The lowest BCUT2D eigenvalue weighted by Gasteiger charge is -2.30. The summed E-state index contributed by atoms with van der Waals surface area (Å²) in [5.74, 6) is 0. The zero-order valence-electron chi connectivity index (χ0n) is 27.3. The van der Waals surface area contributed by atoms with Gasteiger partial charge in [-0.15, -0.1) is 0 Å². The van der Waals surface area contributed by atoms with Gasteiger partial charge >= 0.3 is 0 Å². The number of benzene rings is 7. The first-order chi connectivity index (χ1) is 24.0. The van der Waals surface area contributed by atoms with Crippen LogP contribution in [0.2, 0.25) is 0 Å². The molecule has 0 fully saturated rings. The predicted octanol–water partition coefficient (Wildman–Crippen LogP) is 11.8. The van der Waals surface area contributed by atoms with Gasteiger partial charge in [0.15, 0.2) is 0 Å². The van der Waals surface area contributed by atoms with Crippen LogP contribution in [0.5, 0.6) is 0 Å². The van der Waals surface area contributed by atoms with Crippen molar-refractivity contribution < 1.29 is 0 Å². The lowest BCUT2D eigenvalue weighted by Crippen LogP contribution is -2.18. The Bertz CT molecular complexity index is 2450. The third-order valence-corrected chi connectivity index (χ3v) is 9.70. The fraction of sp³-hybridized carbons (Fsp3) is 0.0667. The molecule has 0 N–H and O–H groups in total. The molecule has 1 aliphatic carbocycles. The number of nitrogens with zero attached hydrogens (tertiary/aromatic N) is 4. The highest BCUT2D eigenvalue weighted by Gasteiger charge is 2.38. The van der Waals surface area contributed by atoms with Gasteiger partial charge in [-0.05, 0) is 94.4 Å². The zero-order chi connectivity index (χ0) is 33.5. The van der Waals surface area contributed by atoms with E-state index in [0.29, 0.717) is 11.1 Å². The summed E-state index contributed by atoms with van der Waals surface area (Å²) in [4.78, 5) is 4.40. The second kappa shape index (κ2) is 11.9. The number of fused-ring (bicyclic) bond motifs is 5. The average Bonchev–Trinajstić information content (AvgIpc) is 3.38. The minimum Gasteiger partial charge on any atom is -0.309 e. The molecule has 0 aliphatic heterocycles. The van der Waals surface area contributed by atoms with Gasteiger partial charge in [0, 0.05) is 27.9 Å². The van der Waals surface area contributed by atoms with Gasteiger partial charge in [0.1, 0.15) is 12.1 Å². The van der Waals surface area contributed by atoms with E-state index in [1.807, 2.05) is 84.9 Å². The largest absolute Gasteiger partial charge is 0.309 e. The first-order valence-corrected chi connectivity index (χ1v) is 16.4. The number of rotatable bonds is 6. The maximum absolute atomic E-state index is 10.2. The van der Waals surface area contributed by atoms with Crippen LogP contribution in [0.15, 0.2) is 158 Å². The van der Waals surface area contributed by atoms with Gasteiger partial charge in [-0.25, -0.2) is 0 Å². The van der Waals surface area contributed by atoms with Crippen molar-refractivity contribution in [3.05, 3.63) is 180 Å². The molecule has 0 saturated carbocycles. The van der Waals surface area contributed by atoms with E-state index in [1.54, 1.807) is 0 Å². The van der Waals surface area contributed by atoms with E-state index in [1.165, 1.54) is 27.6 Å². The molecular weight excluding hydrogens is 597 g/mol. The molecular formula is C45H32N4. The van der Waals surface area contributed by atoms with E-state index in [0.717, 1.165) is 39.5 Å². The SMILES string of the molecule is CC1(C)c2cc(N(c3ccccc3)c3ccccc3C#N)ccc2-c2c1cc(N(c1ccccc1)c1ccccc1C#N)c1ccccc21. The van der Waals surface area contributed by atoms with Gasteiger partial charge in [-0.3, -0.25) is 0 Å². The normalized spacial score (nSPS) is 12.4. The number of anilines is 6. The smallest absolute Gasteiger partial charge is 0.101 e. The standard InChI is InChI=1S/C45H32N4/c1-45(2)39-27-35(48(33-17-5-3-6-18-33)41-23-13-9-15-31(41)29-46)25-26-38(39)44-37-22-12-11-21-36(37)43(28-40(44)45)49(34-19-7-4-8-20-34)42-24-14-10-16-32(42)30-47/h3-28H,1-2H3. The molecule has 0 amide bonds. The molecule has 49 heavy (non-hydrogen) atoms. The lowest BCUT2D eigenvalue weighted by molar-refractivity contribution is 0.661. The fourth-order valence-corrected chi connectivity index (χ4v) is 7.39. The van der Waals surface area contributed by atoms with Crippen LogP contribution in [-0.4, -0.2) is 0 Å². The lowest BCUT2D eigenvalue weighted by atomic mass is 9.81. The summed E-state index contributed by atoms with van der Waals surface area (Å²) in [6.07, 6.45) is 0. The third kappa shape index (κ3) is 4.82. The van der Waals surface area contributed by atoms with E-state index in [4.69, 9.17) is 0 Å². The predicted molar refractivity (Wildman–Crippen MR) is 200 cm³/mol. The summed E-state index contributed by atoms with van der Waals surface area (Å²) < 4.78 is 0. The van der Waals surface area contributed by atoms with Crippen molar-refractivity contribution in [3.63, 3.8) is 0 Å². The molecule has 4 heteroatoms. The van der Waals surface area contributed by atoms with Crippen molar-refractivity contribution in [1.29, 1.82) is 10.5 Å². The molecule has 7 aromatic carbocycles. The number of hydrogen-bond acceptors (Lipinski definition) is 4. The molecule has 0 saturated heterocycles. The second-order valence-corrected chi connectivity index (χ2v) is 12.8. The highest BCUT2D eigenvalue weighted by Crippen LogP contribution is 2.55. The molecule has 0 spiro atoms. The van der Waals surface area contributed by atoms with Crippen LogP contribution in [0.25, 0.3) is 21.9 Å². The Morgan fingerprint density at radius 2 is 0.959 bits per heavy atom. The Morgan fingerprint density at radius 3 is 1.57 bits per heavy atom. The maximum Gasteiger partial charge on any atom is 0.101 e. The van der Waals surface area contributed by atoms with Crippen molar-refractivity contribution in [1.82, 2.24) is 0 Å². The summed E-state index contributed by atoms with van der Waals surface area (Å²) in [5, 5.41) is 22.6. The highest BCUT2D eigenvalue weighted by molar-refractivity contribution is 6.10. The van der Waals surface area contributed by atoms with Gasteiger partial charge in [0.2, 0.25) is 0 Å². The van der Waals surface area contributed by atoms with E-state index in [9.17, 15) is 10.5 Å². The fourth-order valence-electron chi connectivity index (χ4n) is 7.39. The summed E-state index contributed by atoms with van der Waals surface area (Å²) in [5.41, 5.74) is 11.4. The molecule has 232 valence electrons. The van der Waals surface area contributed by atoms with Gasteiger partial charge in [0.05, 0.1) is 28.2 Å². The summed E-state index contributed by atoms with van der Waals surface area (Å²) >= 11 is 0. The van der Waals surface area contributed by atoms with Gasteiger partial charge < -0.3 is 9.80 Å². The zero-order valence-corrected chi connectivity index (χ0v) is 27.3. The van der Waals surface area contributed by atoms with Crippen molar-refractivity contribution in [2.45, 2.75) is 19.3 Å². The van der Waals surface area contributed by atoms with E-state index in [-0.39, 0.29) is 5.41 Å². The van der Waals surface area contributed by atoms with Crippen LogP contribution in [0.4, 0.5) is 34.1 Å². The second-order valence-electron chi connectivity index (χ2n) is 12.8. The average molecular weight is 629 g/mol. The maximum atomic E-state index is 10.2. The van der Waals surface area contributed by atoms with Gasteiger partial charge in [-0.1, -0.05) is 105 Å². The quantitative estimate of drug-likeness (QED) is 0.184. The third-order valence-electron chi connectivity index (χ3n) is 9.70. The topological polar surface area (TPSA) is 54.1 Å². The van der Waals surface area contributed by atoms with Crippen molar-refractivity contribution in [3.8, 4) is 23.3 Å². The first-order valence-electron chi connectivity index (χ1n) is 16.4. The molecule has 0 unspecified atom stereocenters. The van der Waals surface area contributed by atoms with Crippen molar-refractivity contribution in [2.24, 2.45) is 0 Å². The molecule has 0 radical (unpaired) electrons. The van der Waals surface area contributed by atoms with Crippen LogP contribution in [0.3, 0.4) is 0 Å². The number of para-hydroxylation sites is 4. The minimum atomic E-state index is -0.354. The molecule has 8 rings (SSSR count). The Morgan fingerprint density at radius 1 is 0.449 bits per heavy atom. The van der Waals surface area contributed by atoms with Crippen LogP contribution in [-0.2, 0) is 5.41 Å².